The zero-order valence-corrected chi connectivity index (χ0v) is 20.3. The molecule has 0 fully saturated rings. The number of fused-ring (bicyclic) bond motifs is 1. The maximum absolute atomic E-state index is 12.6. The molecule has 0 spiro atoms. The number of hydrogen-bond acceptors (Lipinski definition) is 6. The number of carbonyl (C=O) groups excluding carboxylic acids is 2. The number of aryl methyl sites for hydroxylation is 1. The van der Waals surface area contributed by atoms with E-state index in [1.807, 2.05) is 49.4 Å². The first-order valence-corrected chi connectivity index (χ1v) is 11.6. The van der Waals surface area contributed by atoms with E-state index < -0.39 is 11.7 Å². The lowest BCUT2D eigenvalue weighted by Gasteiger charge is -2.21. The van der Waals surface area contributed by atoms with Gasteiger partial charge in [0.25, 0.3) is 0 Å². The molecule has 1 N–H and O–H groups in total. The standard InChI is InChI=1S/C27H32N2O5/c1-5-29(6-2)22-10-11-23-19(4)24(26(31)34-25(23)16-22)12-13-33-27(32)28-17-21-9-7-8-20(15-21)14-18(3)30/h7-11,15-16H,5-6,12-14,17H2,1-4H3,(H,28,32). The monoisotopic (exact) mass is 464 g/mol. The lowest BCUT2D eigenvalue weighted by molar-refractivity contribution is -0.116. The minimum Gasteiger partial charge on any atom is -0.449 e. The summed E-state index contributed by atoms with van der Waals surface area (Å²) < 4.78 is 10.9. The molecule has 1 heterocycles. The number of Topliss-reactive ketones (excluding diaryl/α,β-unsaturated/α-hetero) is 1. The molecule has 34 heavy (non-hydrogen) atoms. The van der Waals surface area contributed by atoms with E-state index in [-0.39, 0.29) is 25.4 Å². The quantitative estimate of drug-likeness (QED) is 0.443. The number of ether oxygens (including phenoxy) is 1. The molecular weight excluding hydrogens is 432 g/mol. The van der Waals surface area contributed by atoms with E-state index in [0.29, 0.717) is 17.6 Å². The van der Waals surface area contributed by atoms with Crippen LogP contribution in [-0.2, 0) is 28.9 Å². The fourth-order valence-electron chi connectivity index (χ4n) is 4.07. The first-order valence-electron chi connectivity index (χ1n) is 11.6. The number of rotatable bonds is 10. The van der Waals surface area contributed by atoms with Gasteiger partial charge in [-0.1, -0.05) is 24.3 Å². The summed E-state index contributed by atoms with van der Waals surface area (Å²) in [7, 11) is 0. The SMILES string of the molecule is CCN(CC)c1ccc2c(C)c(CCOC(=O)NCc3cccc(CC(C)=O)c3)c(=O)oc2c1. The fourth-order valence-corrected chi connectivity index (χ4v) is 4.07. The second-order valence-electron chi connectivity index (χ2n) is 8.28. The van der Waals surface area contributed by atoms with E-state index in [2.05, 4.69) is 24.1 Å². The van der Waals surface area contributed by atoms with Crippen molar-refractivity contribution in [3.8, 4) is 0 Å². The molecule has 0 radical (unpaired) electrons. The van der Waals surface area contributed by atoms with Crippen LogP contribution in [0.5, 0.6) is 0 Å². The van der Waals surface area contributed by atoms with Crippen molar-refractivity contribution in [2.75, 3.05) is 24.6 Å². The molecule has 2 aromatic carbocycles. The van der Waals surface area contributed by atoms with Crippen LogP contribution in [0.1, 0.15) is 43.0 Å². The van der Waals surface area contributed by atoms with Crippen LogP contribution in [-0.4, -0.2) is 31.6 Å². The highest BCUT2D eigenvalue weighted by atomic mass is 16.5. The van der Waals surface area contributed by atoms with Crippen molar-refractivity contribution >= 4 is 28.5 Å². The Morgan fingerprint density at radius 1 is 1.06 bits per heavy atom. The molecule has 0 saturated heterocycles. The first-order chi connectivity index (χ1) is 16.3. The highest BCUT2D eigenvalue weighted by Gasteiger charge is 2.14. The predicted molar refractivity (Wildman–Crippen MR) is 134 cm³/mol. The van der Waals surface area contributed by atoms with Crippen molar-refractivity contribution in [2.45, 2.75) is 47.1 Å². The molecule has 1 aromatic heterocycles. The number of hydrogen-bond donors (Lipinski definition) is 1. The van der Waals surface area contributed by atoms with Crippen molar-refractivity contribution in [2.24, 2.45) is 0 Å². The van der Waals surface area contributed by atoms with E-state index in [1.165, 1.54) is 0 Å². The van der Waals surface area contributed by atoms with Crippen LogP contribution in [0, 0.1) is 6.92 Å². The Hall–Kier alpha value is -3.61. The van der Waals surface area contributed by atoms with Crippen molar-refractivity contribution in [1.29, 1.82) is 0 Å². The van der Waals surface area contributed by atoms with Crippen molar-refractivity contribution < 1.29 is 18.7 Å². The van der Waals surface area contributed by atoms with E-state index in [4.69, 9.17) is 9.15 Å². The van der Waals surface area contributed by atoms with Gasteiger partial charge in [-0.25, -0.2) is 9.59 Å². The van der Waals surface area contributed by atoms with Gasteiger partial charge < -0.3 is 19.4 Å². The second kappa shape index (κ2) is 11.5. The van der Waals surface area contributed by atoms with Gasteiger partial charge in [-0.05, 0) is 56.5 Å². The van der Waals surface area contributed by atoms with Gasteiger partial charge in [0.2, 0.25) is 0 Å². The fraction of sp³-hybridized carbons (Fsp3) is 0.370. The largest absolute Gasteiger partial charge is 0.449 e. The van der Waals surface area contributed by atoms with Crippen LogP contribution in [0.25, 0.3) is 11.0 Å². The maximum atomic E-state index is 12.6. The predicted octanol–water partition coefficient (Wildman–Crippen LogP) is 4.55. The third-order valence-corrected chi connectivity index (χ3v) is 5.87. The molecule has 3 rings (SSSR count). The Bertz CT molecular complexity index is 1230. The lowest BCUT2D eigenvalue weighted by Crippen LogP contribution is -2.25. The molecule has 0 atom stereocenters. The number of nitrogens with one attached hydrogen (secondary N) is 1. The third-order valence-electron chi connectivity index (χ3n) is 5.87. The molecule has 0 bridgehead atoms. The summed E-state index contributed by atoms with van der Waals surface area (Å²) in [5.41, 5.74) is 4.29. The number of anilines is 1. The van der Waals surface area contributed by atoms with E-state index >= 15 is 0 Å². The van der Waals surface area contributed by atoms with Crippen LogP contribution >= 0.6 is 0 Å². The highest BCUT2D eigenvalue weighted by molar-refractivity contribution is 5.84. The maximum Gasteiger partial charge on any atom is 0.407 e. The summed E-state index contributed by atoms with van der Waals surface area (Å²) in [6.45, 7) is 9.68. The van der Waals surface area contributed by atoms with Crippen molar-refractivity contribution in [3.05, 3.63) is 75.1 Å². The van der Waals surface area contributed by atoms with Gasteiger partial charge in [0.1, 0.15) is 11.4 Å². The smallest absolute Gasteiger partial charge is 0.407 e. The Morgan fingerprint density at radius 3 is 2.50 bits per heavy atom. The summed E-state index contributed by atoms with van der Waals surface area (Å²) in [5, 5.41) is 3.58. The molecule has 0 unspecified atom stereocenters. The lowest BCUT2D eigenvalue weighted by atomic mass is 10.0. The van der Waals surface area contributed by atoms with Gasteiger partial charge >= 0.3 is 11.7 Å². The Kier molecular flexibility index (Phi) is 8.46. The molecule has 1 amide bonds. The van der Waals surface area contributed by atoms with E-state index in [0.717, 1.165) is 40.9 Å². The number of alkyl carbamates (subject to hydrolysis) is 1. The minimum absolute atomic E-state index is 0.0604. The summed E-state index contributed by atoms with van der Waals surface area (Å²) in [4.78, 5) is 38.2. The minimum atomic E-state index is -0.566. The molecule has 180 valence electrons. The molecule has 7 nitrogen and oxygen atoms in total. The van der Waals surface area contributed by atoms with E-state index in [9.17, 15) is 14.4 Å². The first kappa shape index (κ1) is 25.0. The Morgan fingerprint density at radius 2 is 1.79 bits per heavy atom. The van der Waals surface area contributed by atoms with Crippen LogP contribution in [0.2, 0.25) is 0 Å². The summed E-state index contributed by atoms with van der Waals surface area (Å²) in [6.07, 6.45) is 0.0651. The topological polar surface area (TPSA) is 88.9 Å². The number of benzene rings is 2. The van der Waals surface area contributed by atoms with Crippen LogP contribution < -0.4 is 15.8 Å². The summed E-state index contributed by atoms with van der Waals surface area (Å²) >= 11 is 0. The van der Waals surface area contributed by atoms with Gasteiger partial charge in [-0.3, -0.25) is 4.79 Å². The molecular formula is C27H32N2O5. The number of amides is 1. The van der Waals surface area contributed by atoms with Gasteiger partial charge in [0, 0.05) is 55.2 Å². The van der Waals surface area contributed by atoms with Crippen LogP contribution in [0.3, 0.4) is 0 Å². The van der Waals surface area contributed by atoms with Crippen molar-refractivity contribution in [1.82, 2.24) is 5.32 Å². The summed E-state index contributed by atoms with van der Waals surface area (Å²) in [5.74, 6) is 0.0855. The highest BCUT2D eigenvalue weighted by Crippen LogP contribution is 2.25. The van der Waals surface area contributed by atoms with Gasteiger partial charge in [-0.2, -0.15) is 0 Å². The molecule has 0 saturated carbocycles. The van der Waals surface area contributed by atoms with Gasteiger partial charge in [-0.15, -0.1) is 0 Å². The average molecular weight is 465 g/mol. The number of nitrogens with zero attached hydrogens (tertiary/aromatic N) is 1. The summed E-state index contributed by atoms with van der Waals surface area (Å²) in [6, 6.07) is 13.4. The molecule has 7 heteroatoms. The number of carbonyl (C=O) groups is 2. The Balaban J connectivity index is 1.60. The van der Waals surface area contributed by atoms with Gasteiger partial charge in [0.05, 0.1) is 6.61 Å². The number of ketones is 1. The molecule has 0 aliphatic heterocycles. The molecule has 0 aliphatic carbocycles. The molecule has 3 aromatic rings. The van der Waals surface area contributed by atoms with Crippen molar-refractivity contribution in [3.63, 3.8) is 0 Å². The normalized spacial score (nSPS) is 10.8. The second-order valence-corrected chi connectivity index (χ2v) is 8.28. The third kappa shape index (κ3) is 6.25. The van der Waals surface area contributed by atoms with Crippen LogP contribution in [0.4, 0.5) is 10.5 Å². The van der Waals surface area contributed by atoms with Crippen LogP contribution in [0.15, 0.2) is 51.7 Å². The zero-order chi connectivity index (χ0) is 24.7. The van der Waals surface area contributed by atoms with E-state index in [1.54, 1.807) is 6.92 Å². The zero-order valence-electron chi connectivity index (χ0n) is 20.3. The average Bonchev–Trinajstić information content (AvgIpc) is 2.80. The Labute approximate surface area is 199 Å². The van der Waals surface area contributed by atoms with Gasteiger partial charge in [0.15, 0.2) is 0 Å². The molecule has 0 aliphatic rings.